The summed E-state index contributed by atoms with van der Waals surface area (Å²) in [6, 6.07) is 18.3. The molecule has 0 radical (unpaired) electrons. The van der Waals surface area contributed by atoms with Crippen LogP contribution in [0.1, 0.15) is 13.8 Å². The number of halogens is 1. The number of nitrogens with zero attached hydrogens (tertiary/aromatic N) is 2. The van der Waals surface area contributed by atoms with Crippen LogP contribution in [0.5, 0.6) is 5.75 Å². The molecule has 0 saturated carbocycles. The molecule has 0 aliphatic rings. The van der Waals surface area contributed by atoms with Gasteiger partial charge in [-0.2, -0.15) is 0 Å². The van der Waals surface area contributed by atoms with E-state index in [4.69, 9.17) is 16.3 Å². The van der Waals surface area contributed by atoms with Crippen LogP contribution in [0.25, 0.3) is 38.5 Å². The lowest BCUT2D eigenvalue weighted by molar-refractivity contribution is 0.271. The maximum Gasteiger partial charge on any atom is 0.333 e. The van der Waals surface area contributed by atoms with Gasteiger partial charge in [0.15, 0.2) is 0 Å². The molecule has 7 heteroatoms. The Kier molecular flexibility index (Phi) is 5.67. The molecule has 0 aliphatic carbocycles. The normalized spacial score (nSPS) is 11.4. The number of nitrogens with one attached hydrogen (secondary N) is 1. The third kappa shape index (κ3) is 3.97. The van der Waals surface area contributed by atoms with E-state index in [-0.39, 0.29) is 0 Å². The highest BCUT2D eigenvalue weighted by molar-refractivity contribution is 6.33. The molecular formula is C27H22ClN3O3. The molecule has 5 aromatic rings. The highest BCUT2D eigenvalue weighted by atomic mass is 35.5. The van der Waals surface area contributed by atoms with Crippen molar-refractivity contribution in [3.63, 3.8) is 0 Å². The summed E-state index contributed by atoms with van der Waals surface area (Å²) < 4.78 is 6.96. The first kappa shape index (κ1) is 21.9. The van der Waals surface area contributed by atoms with Gasteiger partial charge in [0.1, 0.15) is 5.75 Å². The number of rotatable bonds is 5. The Morgan fingerprint density at radius 2 is 1.82 bits per heavy atom. The van der Waals surface area contributed by atoms with E-state index in [1.165, 1.54) is 6.20 Å². The topological polar surface area (TPSA) is 77.0 Å². The number of H-pyrrole nitrogens is 1. The van der Waals surface area contributed by atoms with Crippen molar-refractivity contribution in [1.29, 1.82) is 0 Å². The fraction of sp³-hybridized carbons (Fsp3) is 0.148. The third-order valence-electron chi connectivity index (χ3n) is 5.62. The van der Waals surface area contributed by atoms with E-state index in [2.05, 4.69) is 23.8 Å². The van der Waals surface area contributed by atoms with Crippen LogP contribution < -0.4 is 16.0 Å². The van der Waals surface area contributed by atoms with Gasteiger partial charge in [-0.25, -0.2) is 9.36 Å². The van der Waals surface area contributed by atoms with Crippen LogP contribution in [-0.4, -0.2) is 21.1 Å². The van der Waals surface area contributed by atoms with Gasteiger partial charge >= 0.3 is 5.69 Å². The molecule has 2 aromatic heterocycles. The van der Waals surface area contributed by atoms with Crippen molar-refractivity contribution in [3.8, 4) is 22.6 Å². The van der Waals surface area contributed by atoms with E-state index in [0.29, 0.717) is 39.9 Å². The van der Waals surface area contributed by atoms with Crippen molar-refractivity contribution in [2.75, 3.05) is 6.61 Å². The molecule has 5 rings (SSSR count). The Hall–Kier alpha value is -3.90. The van der Waals surface area contributed by atoms with E-state index >= 15 is 0 Å². The van der Waals surface area contributed by atoms with Crippen LogP contribution in [0.4, 0.5) is 0 Å². The van der Waals surface area contributed by atoms with Crippen molar-refractivity contribution < 1.29 is 4.74 Å². The Labute approximate surface area is 200 Å². The lowest BCUT2D eigenvalue weighted by Gasteiger charge is -2.12. The molecule has 0 fully saturated rings. The van der Waals surface area contributed by atoms with Gasteiger partial charge in [0.25, 0.3) is 5.56 Å². The van der Waals surface area contributed by atoms with Crippen LogP contribution >= 0.6 is 11.6 Å². The summed E-state index contributed by atoms with van der Waals surface area (Å²) in [7, 11) is 0. The Morgan fingerprint density at radius 3 is 2.65 bits per heavy atom. The zero-order valence-corrected chi connectivity index (χ0v) is 19.5. The molecule has 0 unspecified atom stereocenters. The van der Waals surface area contributed by atoms with Crippen molar-refractivity contribution in [2.45, 2.75) is 13.8 Å². The van der Waals surface area contributed by atoms with E-state index in [0.717, 1.165) is 26.5 Å². The van der Waals surface area contributed by atoms with Gasteiger partial charge in [-0.3, -0.25) is 9.78 Å². The molecular weight excluding hydrogens is 450 g/mol. The van der Waals surface area contributed by atoms with Crippen molar-refractivity contribution in [2.24, 2.45) is 5.92 Å². The number of ether oxygens (including phenoxy) is 1. The second-order valence-corrected chi connectivity index (χ2v) is 8.96. The second kappa shape index (κ2) is 8.80. The molecule has 34 heavy (non-hydrogen) atoms. The van der Waals surface area contributed by atoms with Crippen LogP contribution in [-0.2, 0) is 0 Å². The maximum absolute atomic E-state index is 13.4. The first-order chi connectivity index (χ1) is 16.4. The smallest absolute Gasteiger partial charge is 0.333 e. The highest BCUT2D eigenvalue weighted by Gasteiger charge is 2.14. The summed E-state index contributed by atoms with van der Waals surface area (Å²) in [6.45, 7) is 4.75. The average molecular weight is 472 g/mol. The molecule has 3 aromatic carbocycles. The predicted molar refractivity (Wildman–Crippen MR) is 136 cm³/mol. The van der Waals surface area contributed by atoms with Crippen molar-refractivity contribution in [1.82, 2.24) is 14.5 Å². The van der Waals surface area contributed by atoms with Gasteiger partial charge < -0.3 is 9.72 Å². The molecule has 170 valence electrons. The summed E-state index contributed by atoms with van der Waals surface area (Å²) in [6.07, 6.45) is 3.23. The van der Waals surface area contributed by atoms with Crippen molar-refractivity contribution in [3.05, 3.63) is 98.9 Å². The van der Waals surface area contributed by atoms with E-state index in [1.54, 1.807) is 24.4 Å². The molecule has 0 bridgehead atoms. The van der Waals surface area contributed by atoms with Crippen LogP contribution in [0.15, 0.2) is 82.6 Å². The van der Waals surface area contributed by atoms with E-state index in [9.17, 15) is 9.59 Å². The zero-order chi connectivity index (χ0) is 23.8. The molecule has 6 nitrogen and oxygen atoms in total. The number of pyridine rings is 1. The van der Waals surface area contributed by atoms with Crippen LogP contribution in [0.3, 0.4) is 0 Å². The molecule has 0 amide bonds. The molecule has 0 aliphatic heterocycles. The fourth-order valence-electron chi connectivity index (χ4n) is 3.96. The minimum Gasteiger partial charge on any atom is -0.493 e. The SMILES string of the molecule is CC(C)COc1ccc(Cl)c(-c2ccc3c(=O)n(-c4cncc5ccccc45)c(=O)[nH]c3c2)c1. The first-order valence-corrected chi connectivity index (χ1v) is 11.3. The molecule has 0 spiro atoms. The molecule has 1 N–H and O–H groups in total. The third-order valence-corrected chi connectivity index (χ3v) is 5.95. The second-order valence-electron chi connectivity index (χ2n) is 8.56. The van der Waals surface area contributed by atoms with Gasteiger partial charge in [0, 0.05) is 27.6 Å². The number of benzene rings is 3. The Balaban J connectivity index is 1.64. The maximum atomic E-state index is 13.4. The largest absolute Gasteiger partial charge is 0.493 e. The van der Waals surface area contributed by atoms with Gasteiger partial charge in [-0.05, 0) is 41.8 Å². The predicted octanol–water partition coefficient (Wildman–Crippen LogP) is 5.58. The highest BCUT2D eigenvalue weighted by Crippen LogP contribution is 2.32. The summed E-state index contributed by atoms with van der Waals surface area (Å²) in [4.78, 5) is 33.5. The fourth-order valence-corrected chi connectivity index (χ4v) is 4.19. The molecule has 0 saturated heterocycles. The summed E-state index contributed by atoms with van der Waals surface area (Å²) >= 11 is 6.47. The number of hydrogen-bond acceptors (Lipinski definition) is 4. The minimum atomic E-state index is -0.534. The zero-order valence-electron chi connectivity index (χ0n) is 18.7. The Morgan fingerprint density at radius 1 is 1.00 bits per heavy atom. The number of fused-ring (bicyclic) bond motifs is 2. The van der Waals surface area contributed by atoms with Gasteiger partial charge in [-0.15, -0.1) is 0 Å². The quantitative estimate of drug-likeness (QED) is 0.363. The summed E-state index contributed by atoms with van der Waals surface area (Å²) in [5, 5.41) is 2.55. The van der Waals surface area contributed by atoms with Gasteiger partial charge in [0.2, 0.25) is 0 Å². The van der Waals surface area contributed by atoms with Gasteiger partial charge in [0.05, 0.1) is 29.4 Å². The van der Waals surface area contributed by atoms with Gasteiger partial charge in [-0.1, -0.05) is 55.8 Å². The average Bonchev–Trinajstić information content (AvgIpc) is 2.83. The lowest BCUT2D eigenvalue weighted by atomic mass is 10.0. The van der Waals surface area contributed by atoms with Crippen LogP contribution in [0.2, 0.25) is 5.02 Å². The summed E-state index contributed by atoms with van der Waals surface area (Å²) in [5.41, 5.74) is 1.45. The number of hydrogen-bond donors (Lipinski definition) is 1. The monoisotopic (exact) mass is 471 g/mol. The molecule has 0 atom stereocenters. The van der Waals surface area contributed by atoms with Crippen LogP contribution in [0, 0.1) is 5.92 Å². The van der Waals surface area contributed by atoms with E-state index < -0.39 is 11.2 Å². The molecule has 2 heterocycles. The first-order valence-electron chi connectivity index (χ1n) is 11.0. The standard InChI is InChI=1S/C27H22ClN3O3/c1-16(2)15-34-19-8-10-23(28)22(12-19)17-7-9-21-24(11-17)30-27(33)31(26(21)32)25-14-29-13-18-5-3-4-6-20(18)25/h3-14,16H,15H2,1-2H3,(H,30,33). The number of aromatic amines is 1. The Bertz CT molecular complexity index is 1650. The summed E-state index contributed by atoms with van der Waals surface area (Å²) in [5.74, 6) is 1.10. The minimum absolute atomic E-state index is 0.389. The lowest BCUT2D eigenvalue weighted by Crippen LogP contribution is -2.33. The number of aromatic nitrogens is 3. The van der Waals surface area contributed by atoms with Crippen molar-refractivity contribution >= 4 is 33.3 Å². The van der Waals surface area contributed by atoms with E-state index in [1.807, 2.05) is 42.5 Å².